The fraction of sp³-hybridized carbons (Fsp3) is 0.364. The Labute approximate surface area is 105 Å². The van der Waals surface area contributed by atoms with Crippen LogP contribution < -0.4 is 5.73 Å². The van der Waals surface area contributed by atoms with Crippen LogP contribution in [0.15, 0.2) is 24.3 Å². The number of nitrogens with two attached hydrogens (primary N) is 1. The summed E-state index contributed by atoms with van der Waals surface area (Å²) in [5.41, 5.74) is 5.18. The molecule has 0 unspecified atom stereocenters. The number of halogens is 1. The molecule has 0 aromatic heterocycles. The molecule has 6 heteroatoms. The number of hydrogen-bond donors (Lipinski definition) is 1. The largest absolute Gasteiger partial charge is 0.312 e. The second-order valence-electron chi connectivity index (χ2n) is 4.33. The summed E-state index contributed by atoms with van der Waals surface area (Å²) in [6.45, 7) is 0. The van der Waals surface area contributed by atoms with Gasteiger partial charge in [-0.25, -0.2) is 8.42 Å². The first-order chi connectivity index (χ1) is 7.80. The molecule has 3 atom stereocenters. The SMILES string of the molecule is CS(=O)(=O)[C@@H]1[C@H](c2cccc(Cl)c2)[C@]1(N)C#N. The van der Waals surface area contributed by atoms with E-state index in [0.29, 0.717) is 10.6 Å². The zero-order chi connectivity index (χ0) is 12.8. The molecule has 0 spiro atoms. The van der Waals surface area contributed by atoms with Gasteiger partial charge < -0.3 is 5.73 Å². The molecule has 1 aliphatic rings. The van der Waals surface area contributed by atoms with Crippen LogP contribution in [0.3, 0.4) is 0 Å². The van der Waals surface area contributed by atoms with E-state index in [1.807, 2.05) is 6.07 Å². The second kappa shape index (κ2) is 3.70. The van der Waals surface area contributed by atoms with E-state index >= 15 is 0 Å². The van der Waals surface area contributed by atoms with Crippen molar-refractivity contribution in [1.82, 2.24) is 0 Å². The number of sulfone groups is 1. The van der Waals surface area contributed by atoms with Gasteiger partial charge in [0.25, 0.3) is 0 Å². The molecule has 1 saturated carbocycles. The molecule has 1 aromatic rings. The predicted octanol–water partition coefficient (Wildman–Crippen LogP) is 1.07. The molecule has 0 aliphatic heterocycles. The lowest BCUT2D eigenvalue weighted by molar-refractivity contribution is 0.597. The lowest BCUT2D eigenvalue weighted by atomic mass is 10.1. The third kappa shape index (κ3) is 1.93. The maximum absolute atomic E-state index is 11.6. The third-order valence-corrected chi connectivity index (χ3v) is 4.86. The Bertz CT molecular complexity index is 608. The molecule has 2 rings (SSSR count). The van der Waals surface area contributed by atoms with Gasteiger partial charge in [-0.1, -0.05) is 23.7 Å². The number of benzene rings is 1. The molecule has 1 aromatic carbocycles. The van der Waals surface area contributed by atoms with Crippen molar-refractivity contribution in [3.05, 3.63) is 34.9 Å². The van der Waals surface area contributed by atoms with Crippen molar-refractivity contribution in [2.24, 2.45) is 5.73 Å². The highest BCUT2D eigenvalue weighted by molar-refractivity contribution is 7.91. The fourth-order valence-corrected chi connectivity index (χ4v) is 4.16. The minimum Gasteiger partial charge on any atom is -0.312 e. The van der Waals surface area contributed by atoms with Crippen LogP contribution in [0.25, 0.3) is 0 Å². The van der Waals surface area contributed by atoms with E-state index < -0.39 is 26.5 Å². The van der Waals surface area contributed by atoms with Crippen molar-refractivity contribution in [3.63, 3.8) is 0 Å². The van der Waals surface area contributed by atoms with E-state index in [0.717, 1.165) is 6.26 Å². The lowest BCUT2D eigenvalue weighted by Crippen LogP contribution is -2.28. The molecular weight excluding hydrogens is 260 g/mol. The van der Waals surface area contributed by atoms with Gasteiger partial charge in [0.15, 0.2) is 9.84 Å². The van der Waals surface area contributed by atoms with Gasteiger partial charge in [-0.05, 0) is 17.7 Å². The van der Waals surface area contributed by atoms with E-state index in [9.17, 15) is 8.42 Å². The minimum absolute atomic E-state index is 0.499. The highest BCUT2D eigenvalue weighted by atomic mass is 35.5. The summed E-state index contributed by atoms with van der Waals surface area (Å²) >= 11 is 5.84. The van der Waals surface area contributed by atoms with Crippen LogP contribution in [0.2, 0.25) is 5.02 Å². The second-order valence-corrected chi connectivity index (χ2v) is 6.93. The van der Waals surface area contributed by atoms with Crippen LogP contribution >= 0.6 is 11.6 Å². The zero-order valence-corrected chi connectivity index (χ0v) is 10.7. The normalized spacial score (nSPS) is 31.9. The maximum Gasteiger partial charge on any atom is 0.153 e. The molecule has 0 radical (unpaired) electrons. The Morgan fingerprint density at radius 2 is 2.18 bits per heavy atom. The Hall–Kier alpha value is -1.09. The van der Waals surface area contributed by atoms with E-state index in [2.05, 4.69) is 0 Å². The first-order valence-electron chi connectivity index (χ1n) is 4.95. The first kappa shape index (κ1) is 12.4. The van der Waals surface area contributed by atoms with Gasteiger partial charge in [-0.2, -0.15) is 5.26 Å². The smallest absolute Gasteiger partial charge is 0.153 e. The van der Waals surface area contributed by atoms with E-state index in [1.54, 1.807) is 24.3 Å². The zero-order valence-electron chi connectivity index (χ0n) is 9.09. The highest BCUT2D eigenvalue weighted by Gasteiger charge is 2.69. The topological polar surface area (TPSA) is 83.9 Å². The Morgan fingerprint density at radius 1 is 1.53 bits per heavy atom. The standard InChI is InChI=1S/C11H11ClN2O2S/c1-17(15,16)10-9(11(10,14)6-13)7-3-2-4-8(12)5-7/h2-5,9-10H,14H2,1H3/t9-,10+,11+/m0/s1. The van der Waals surface area contributed by atoms with Gasteiger partial charge in [0.1, 0.15) is 10.8 Å². The van der Waals surface area contributed by atoms with Crippen LogP contribution in [-0.2, 0) is 9.84 Å². The molecule has 17 heavy (non-hydrogen) atoms. The van der Waals surface area contributed by atoms with Gasteiger partial charge in [-0.15, -0.1) is 0 Å². The number of rotatable bonds is 2. The van der Waals surface area contributed by atoms with Crippen molar-refractivity contribution < 1.29 is 8.42 Å². The third-order valence-electron chi connectivity index (χ3n) is 3.04. The fourth-order valence-electron chi connectivity index (χ4n) is 2.26. The Kier molecular flexibility index (Phi) is 2.69. The number of nitrogens with zero attached hydrogens (tertiary/aromatic N) is 1. The molecular formula is C11H11ClN2O2S. The van der Waals surface area contributed by atoms with Crippen LogP contribution in [0.1, 0.15) is 11.5 Å². The molecule has 1 fully saturated rings. The lowest BCUT2D eigenvalue weighted by Gasteiger charge is -2.00. The quantitative estimate of drug-likeness (QED) is 0.871. The molecule has 4 nitrogen and oxygen atoms in total. The van der Waals surface area contributed by atoms with E-state index in [4.69, 9.17) is 22.6 Å². The summed E-state index contributed by atoms with van der Waals surface area (Å²) in [5, 5.41) is 8.68. The van der Waals surface area contributed by atoms with Gasteiger partial charge in [0.05, 0.1) is 6.07 Å². The van der Waals surface area contributed by atoms with E-state index in [-0.39, 0.29) is 0 Å². The van der Waals surface area contributed by atoms with Crippen LogP contribution in [-0.4, -0.2) is 25.5 Å². The average Bonchev–Trinajstić information content (AvgIpc) is 2.86. The van der Waals surface area contributed by atoms with Crippen molar-refractivity contribution in [2.45, 2.75) is 16.7 Å². The van der Waals surface area contributed by atoms with Crippen LogP contribution in [0, 0.1) is 11.3 Å². The van der Waals surface area contributed by atoms with Crippen molar-refractivity contribution >= 4 is 21.4 Å². The first-order valence-corrected chi connectivity index (χ1v) is 7.28. The molecule has 1 aliphatic carbocycles. The monoisotopic (exact) mass is 270 g/mol. The van der Waals surface area contributed by atoms with E-state index in [1.165, 1.54) is 0 Å². The summed E-state index contributed by atoms with van der Waals surface area (Å²) in [6.07, 6.45) is 1.10. The molecule has 0 heterocycles. The Balaban J connectivity index is 2.46. The number of nitriles is 1. The minimum atomic E-state index is -3.35. The van der Waals surface area contributed by atoms with Crippen molar-refractivity contribution in [3.8, 4) is 6.07 Å². The molecule has 2 N–H and O–H groups in total. The predicted molar refractivity (Wildman–Crippen MR) is 65.4 cm³/mol. The summed E-state index contributed by atoms with van der Waals surface area (Å²) < 4.78 is 23.1. The number of hydrogen-bond acceptors (Lipinski definition) is 4. The van der Waals surface area contributed by atoms with Gasteiger partial charge in [0.2, 0.25) is 0 Å². The van der Waals surface area contributed by atoms with Crippen LogP contribution in [0.5, 0.6) is 0 Å². The van der Waals surface area contributed by atoms with Crippen LogP contribution in [0.4, 0.5) is 0 Å². The summed E-state index contributed by atoms with van der Waals surface area (Å²) in [7, 11) is -3.35. The van der Waals surface area contributed by atoms with Gasteiger partial charge in [-0.3, -0.25) is 0 Å². The summed E-state index contributed by atoms with van der Waals surface area (Å²) in [4.78, 5) is 0. The molecule has 0 bridgehead atoms. The summed E-state index contributed by atoms with van der Waals surface area (Å²) in [6, 6.07) is 8.68. The molecule has 0 saturated heterocycles. The Morgan fingerprint density at radius 3 is 2.59 bits per heavy atom. The van der Waals surface area contributed by atoms with Gasteiger partial charge >= 0.3 is 0 Å². The average molecular weight is 271 g/mol. The summed E-state index contributed by atoms with van der Waals surface area (Å²) in [5.74, 6) is -0.499. The van der Waals surface area contributed by atoms with Crippen molar-refractivity contribution in [1.29, 1.82) is 5.26 Å². The van der Waals surface area contributed by atoms with Gasteiger partial charge in [0, 0.05) is 17.2 Å². The van der Waals surface area contributed by atoms with Crippen molar-refractivity contribution in [2.75, 3.05) is 6.26 Å². The highest BCUT2D eigenvalue weighted by Crippen LogP contribution is 2.53. The molecule has 90 valence electrons. The maximum atomic E-state index is 11.6. The molecule has 0 amide bonds.